The average molecular weight is 410 g/mol. The number of carbonyl (C=O) groups is 1. The third-order valence-electron chi connectivity index (χ3n) is 5.66. The topological polar surface area (TPSA) is 63.1 Å². The minimum Gasteiger partial charge on any atom is -0.349 e. The fourth-order valence-electron chi connectivity index (χ4n) is 3.89. The summed E-state index contributed by atoms with van der Waals surface area (Å²) in [6.07, 6.45) is 1.67. The van der Waals surface area contributed by atoms with Crippen molar-refractivity contribution in [1.29, 1.82) is 0 Å². The lowest BCUT2D eigenvalue weighted by molar-refractivity contribution is -0.126. The smallest absolute Gasteiger partial charge is 0.223 e. The molecule has 3 heterocycles. The first-order valence-electron chi connectivity index (χ1n) is 10.1. The molecular weight excluding hydrogens is 382 g/mol. The minimum absolute atomic E-state index is 0.0282. The lowest BCUT2D eigenvalue weighted by Crippen LogP contribution is -2.41. The van der Waals surface area contributed by atoms with Crippen LogP contribution < -0.4 is 10.2 Å². The maximum atomic E-state index is 12.7. The Bertz CT molecular complexity index is 953. The molecule has 6 nitrogen and oxygen atoms in total. The van der Waals surface area contributed by atoms with Gasteiger partial charge in [-0.1, -0.05) is 41.7 Å². The van der Waals surface area contributed by atoms with Gasteiger partial charge in [0.25, 0.3) is 0 Å². The van der Waals surface area contributed by atoms with Gasteiger partial charge in [-0.05, 0) is 51.3 Å². The number of rotatable bonds is 5. The molecule has 3 aromatic rings. The van der Waals surface area contributed by atoms with Crippen LogP contribution in [-0.4, -0.2) is 33.8 Å². The third kappa shape index (κ3) is 4.19. The number of nitrogens with one attached hydrogen (secondary N) is 1. The van der Waals surface area contributed by atoms with Crippen molar-refractivity contribution in [3.63, 3.8) is 0 Å². The van der Waals surface area contributed by atoms with Gasteiger partial charge in [-0.3, -0.25) is 9.36 Å². The zero-order chi connectivity index (χ0) is 20.4. The summed E-state index contributed by atoms with van der Waals surface area (Å²) in [5.41, 5.74) is 3.46. The molecule has 1 fully saturated rings. The largest absolute Gasteiger partial charge is 0.349 e. The molecule has 2 aromatic heterocycles. The monoisotopic (exact) mass is 409 g/mol. The molecule has 1 aliphatic heterocycles. The first kappa shape index (κ1) is 19.6. The van der Waals surface area contributed by atoms with Crippen LogP contribution in [0.1, 0.15) is 42.8 Å². The van der Waals surface area contributed by atoms with E-state index in [1.54, 1.807) is 11.3 Å². The van der Waals surface area contributed by atoms with Crippen LogP contribution in [0.5, 0.6) is 0 Å². The molecule has 0 spiro atoms. The summed E-state index contributed by atoms with van der Waals surface area (Å²) in [5.74, 6) is 0.205. The third-order valence-corrected chi connectivity index (χ3v) is 6.63. The van der Waals surface area contributed by atoms with E-state index in [4.69, 9.17) is 0 Å². The molecule has 0 radical (unpaired) electrons. The summed E-state index contributed by atoms with van der Waals surface area (Å²) in [5, 5.41) is 13.8. The van der Waals surface area contributed by atoms with Crippen LogP contribution in [0, 0.1) is 19.8 Å². The maximum Gasteiger partial charge on any atom is 0.223 e. The molecule has 1 aliphatic rings. The van der Waals surface area contributed by atoms with E-state index in [1.165, 1.54) is 0 Å². The van der Waals surface area contributed by atoms with Gasteiger partial charge in [0.1, 0.15) is 0 Å². The zero-order valence-corrected chi connectivity index (χ0v) is 17.9. The van der Waals surface area contributed by atoms with Gasteiger partial charge < -0.3 is 10.2 Å². The molecule has 1 N–H and O–H groups in total. The van der Waals surface area contributed by atoms with E-state index >= 15 is 0 Å². The molecule has 7 heteroatoms. The van der Waals surface area contributed by atoms with Crippen LogP contribution in [0.25, 0.3) is 5.13 Å². The quantitative estimate of drug-likeness (QED) is 0.691. The number of aryl methyl sites for hydroxylation is 2. The summed E-state index contributed by atoms with van der Waals surface area (Å²) in [6, 6.07) is 14.3. The van der Waals surface area contributed by atoms with Crippen molar-refractivity contribution < 1.29 is 4.79 Å². The Hall–Kier alpha value is -2.67. The van der Waals surface area contributed by atoms with Crippen LogP contribution in [0.15, 0.2) is 42.5 Å². The van der Waals surface area contributed by atoms with Crippen LogP contribution in [0.2, 0.25) is 0 Å². The van der Waals surface area contributed by atoms with Gasteiger partial charge in [-0.2, -0.15) is 0 Å². The van der Waals surface area contributed by atoms with Crippen molar-refractivity contribution in [3.8, 4) is 5.13 Å². The van der Waals surface area contributed by atoms with Crippen molar-refractivity contribution in [3.05, 3.63) is 59.4 Å². The van der Waals surface area contributed by atoms with Crippen molar-refractivity contribution in [1.82, 2.24) is 20.1 Å². The second-order valence-electron chi connectivity index (χ2n) is 7.72. The molecule has 0 aliphatic carbocycles. The van der Waals surface area contributed by atoms with Gasteiger partial charge in [0.15, 0.2) is 0 Å². The van der Waals surface area contributed by atoms with Gasteiger partial charge in [-0.15, -0.1) is 10.2 Å². The van der Waals surface area contributed by atoms with E-state index in [0.717, 1.165) is 53.1 Å². The number of nitrogens with zero attached hydrogens (tertiary/aromatic N) is 4. The lowest BCUT2D eigenvalue weighted by Gasteiger charge is -2.31. The number of piperidine rings is 1. The van der Waals surface area contributed by atoms with Crippen LogP contribution in [0.4, 0.5) is 5.13 Å². The molecule has 1 amide bonds. The molecule has 1 atom stereocenters. The van der Waals surface area contributed by atoms with Gasteiger partial charge >= 0.3 is 0 Å². The van der Waals surface area contributed by atoms with Crippen LogP contribution >= 0.6 is 11.3 Å². The predicted molar refractivity (Wildman–Crippen MR) is 117 cm³/mol. The number of amides is 1. The van der Waals surface area contributed by atoms with Crippen LogP contribution in [0.3, 0.4) is 0 Å². The summed E-state index contributed by atoms with van der Waals surface area (Å²) < 4.78 is 2.13. The second-order valence-corrected chi connectivity index (χ2v) is 8.66. The summed E-state index contributed by atoms with van der Waals surface area (Å²) in [4.78, 5) is 15.0. The van der Waals surface area contributed by atoms with E-state index in [0.29, 0.717) is 0 Å². The molecule has 4 rings (SSSR count). The SMILES string of the molecule is Cc1ccc(C)n1-c1nnc(N2CCC(C(=O)NC(C)c3ccccc3)CC2)s1. The van der Waals surface area contributed by atoms with Crippen molar-refractivity contribution in [2.75, 3.05) is 18.0 Å². The standard InChI is InChI=1S/C22H27N5OS/c1-15-9-10-16(2)27(15)22-25-24-21(29-22)26-13-11-19(12-14-26)20(28)23-17(3)18-7-5-4-6-8-18/h4-10,17,19H,11-14H2,1-3H3,(H,23,28). The highest BCUT2D eigenvalue weighted by Gasteiger charge is 2.27. The molecule has 1 saturated heterocycles. The molecule has 1 aromatic carbocycles. The average Bonchev–Trinajstić information content (AvgIpc) is 3.35. The number of benzene rings is 1. The van der Waals surface area contributed by atoms with Crippen molar-refractivity contribution in [2.45, 2.75) is 39.7 Å². The lowest BCUT2D eigenvalue weighted by atomic mass is 9.95. The number of hydrogen-bond acceptors (Lipinski definition) is 5. The highest BCUT2D eigenvalue weighted by Crippen LogP contribution is 2.29. The first-order chi connectivity index (χ1) is 14.0. The van der Waals surface area contributed by atoms with Gasteiger partial charge in [0.05, 0.1) is 6.04 Å². The highest BCUT2D eigenvalue weighted by atomic mass is 32.1. The molecule has 29 heavy (non-hydrogen) atoms. The second kappa shape index (κ2) is 8.37. The Labute approximate surface area is 175 Å². The summed E-state index contributed by atoms with van der Waals surface area (Å²) >= 11 is 1.61. The first-order valence-corrected chi connectivity index (χ1v) is 10.9. The summed E-state index contributed by atoms with van der Waals surface area (Å²) in [6.45, 7) is 7.85. The molecule has 1 unspecified atom stereocenters. The zero-order valence-electron chi connectivity index (χ0n) is 17.1. The number of hydrogen-bond donors (Lipinski definition) is 1. The van der Waals surface area contributed by atoms with Crippen molar-refractivity contribution >= 4 is 22.4 Å². The Morgan fingerprint density at radius 3 is 2.31 bits per heavy atom. The van der Waals surface area contributed by atoms with E-state index < -0.39 is 0 Å². The maximum absolute atomic E-state index is 12.7. The molecule has 0 bridgehead atoms. The molecule has 0 saturated carbocycles. The predicted octanol–water partition coefficient (Wildman–Crippen LogP) is 4.04. The van der Waals surface area contributed by atoms with E-state index in [1.807, 2.05) is 25.1 Å². The fourth-order valence-corrected chi connectivity index (χ4v) is 4.90. The van der Waals surface area contributed by atoms with E-state index in [2.05, 4.69) is 63.1 Å². The van der Waals surface area contributed by atoms with Gasteiger partial charge in [0.2, 0.25) is 16.2 Å². The molecule has 152 valence electrons. The number of aromatic nitrogens is 3. The van der Waals surface area contributed by atoms with Gasteiger partial charge in [-0.25, -0.2) is 0 Å². The Balaban J connectivity index is 1.34. The number of anilines is 1. The Kier molecular flexibility index (Phi) is 5.67. The van der Waals surface area contributed by atoms with E-state index in [9.17, 15) is 4.79 Å². The highest BCUT2D eigenvalue weighted by molar-refractivity contribution is 7.17. The summed E-state index contributed by atoms with van der Waals surface area (Å²) in [7, 11) is 0. The Morgan fingerprint density at radius 2 is 1.66 bits per heavy atom. The minimum atomic E-state index is 0.0282. The fraction of sp³-hybridized carbons (Fsp3) is 0.409. The van der Waals surface area contributed by atoms with Crippen molar-refractivity contribution in [2.24, 2.45) is 5.92 Å². The Morgan fingerprint density at radius 1 is 1.03 bits per heavy atom. The van der Waals surface area contributed by atoms with E-state index in [-0.39, 0.29) is 17.9 Å². The number of carbonyl (C=O) groups excluding carboxylic acids is 1. The normalized spacial score (nSPS) is 16.0. The van der Waals surface area contributed by atoms with Gasteiger partial charge in [0, 0.05) is 30.4 Å². The van der Waals surface area contributed by atoms with Crippen LogP contribution in [-0.2, 0) is 4.79 Å². The molecular formula is C22H27N5OS.